The summed E-state index contributed by atoms with van der Waals surface area (Å²) in [5, 5.41) is 14.5. The first-order valence-electron chi connectivity index (χ1n) is 14.3. The lowest BCUT2D eigenvalue weighted by atomic mass is 10.0. The molecule has 0 unspecified atom stereocenters. The van der Waals surface area contributed by atoms with E-state index >= 15 is 0 Å². The predicted molar refractivity (Wildman–Crippen MR) is 159 cm³/mol. The van der Waals surface area contributed by atoms with E-state index in [0.717, 1.165) is 28.7 Å². The van der Waals surface area contributed by atoms with Crippen molar-refractivity contribution in [3.05, 3.63) is 111 Å². The molecule has 6 rings (SSSR count). The molecule has 1 amide bonds. The number of piperazine rings is 1. The first-order chi connectivity index (χ1) is 21.7. The van der Waals surface area contributed by atoms with Crippen LogP contribution in [0, 0.1) is 11.3 Å². The highest BCUT2D eigenvalue weighted by Crippen LogP contribution is 2.37. The predicted octanol–water partition coefficient (Wildman–Crippen LogP) is 4.16. The number of ether oxygens (including phenoxy) is 1. The number of halogens is 3. The Balaban J connectivity index is 1.06. The standard InChI is InChI=1S/C32H28F3N7O3/c33-32(34,35)29-27(18-38-39-30(29)43)42-19-24-5-1-3-22(26(24)20-42)9-14-45-25-6-2-4-23(15-25)31(44)41-12-10-40(11-13-41)28-8-7-21(16-36)17-37-28/h1-8,15,17-18H,9-14,19-20H2,(H,39,43). The van der Waals surface area contributed by atoms with Gasteiger partial charge in [-0.2, -0.15) is 23.5 Å². The summed E-state index contributed by atoms with van der Waals surface area (Å²) in [5.41, 5.74) is 0.944. The van der Waals surface area contributed by atoms with E-state index in [4.69, 9.17) is 10.00 Å². The number of hydrogen-bond donors (Lipinski definition) is 1. The second-order valence-electron chi connectivity index (χ2n) is 10.8. The number of hydrogen-bond acceptors (Lipinski definition) is 8. The minimum atomic E-state index is -4.81. The molecule has 0 atom stereocenters. The average Bonchev–Trinajstić information content (AvgIpc) is 3.49. The molecule has 1 saturated heterocycles. The van der Waals surface area contributed by atoms with Crippen LogP contribution in [0.5, 0.6) is 5.75 Å². The van der Waals surface area contributed by atoms with Crippen LogP contribution in [-0.2, 0) is 25.7 Å². The number of rotatable bonds is 7. The Morgan fingerprint density at radius 2 is 1.80 bits per heavy atom. The molecule has 0 radical (unpaired) electrons. The zero-order chi connectivity index (χ0) is 31.6. The van der Waals surface area contributed by atoms with Crippen molar-refractivity contribution < 1.29 is 22.7 Å². The van der Waals surface area contributed by atoms with Crippen LogP contribution in [-0.4, -0.2) is 58.8 Å². The molecule has 0 aliphatic carbocycles. The summed E-state index contributed by atoms with van der Waals surface area (Å²) in [6.45, 7) is 3.02. The van der Waals surface area contributed by atoms with Gasteiger partial charge in [0, 0.05) is 57.4 Å². The number of anilines is 2. The number of nitriles is 1. The highest BCUT2D eigenvalue weighted by molar-refractivity contribution is 5.94. The normalized spacial score (nSPS) is 14.7. The molecule has 1 fully saturated rings. The van der Waals surface area contributed by atoms with Crippen molar-refractivity contribution in [1.82, 2.24) is 20.1 Å². The van der Waals surface area contributed by atoms with E-state index in [-0.39, 0.29) is 24.7 Å². The molecule has 10 nitrogen and oxygen atoms in total. The highest BCUT2D eigenvalue weighted by atomic mass is 19.4. The Kier molecular flexibility index (Phi) is 8.12. The van der Waals surface area contributed by atoms with Gasteiger partial charge >= 0.3 is 6.18 Å². The molecule has 13 heteroatoms. The zero-order valence-corrected chi connectivity index (χ0v) is 24.0. The number of nitrogens with one attached hydrogen (secondary N) is 1. The fourth-order valence-corrected chi connectivity index (χ4v) is 5.76. The van der Waals surface area contributed by atoms with E-state index in [2.05, 4.69) is 21.1 Å². The summed E-state index contributed by atoms with van der Waals surface area (Å²) in [6.07, 6.45) is -1.73. The Morgan fingerprint density at radius 3 is 2.53 bits per heavy atom. The third-order valence-corrected chi connectivity index (χ3v) is 8.03. The van der Waals surface area contributed by atoms with Gasteiger partial charge in [0.05, 0.1) is 24.1 Å². The monoisotopic (exact) mass is 615 g/mol. The largest absolute Gasteiger partial charge is 0.493 e. The van der Waals surface area contributed by atoms with Gasteiger partial charge in [-0.25, -0.2) is 10.1 Å². The smallest absolute Gasteiger partial charge is 0.423 e. The van der Waals surface area contributed by atoms with Crippen molar-refractivity contribution in [2.75, 3.05) is 42.6 Å². The second-order valence-corrected chi connectivity index (χ2v) is 10.8. The molecular formula is C32H28F3N7O3. The van der Waals surface area contributed by atoms with Gasteiger partial charge < -0.3 is 19.4 Å². The summed E-state index contributed by atoms with van der Waals surface area (Å²) in [4.78, 5) is 35.0. The van der Waals surface area contributed by atoms with Crippen molar-refractivity contribution in [3.8, 4) is 11.8 Å². The zero-order valence-electron chi connectivity index (χ0n) is 24.0. The molecule has 0 spiro atoms. The maximum Gasteiger partial charge on any atom is 0.423 e. The maximum absolute atomic E-state index is 13.7. The third-order valence-electron chi connectivity index (χ3n) is 8.03. The van der Waals surface area contributed by atoms with Gasteiger partial charge in [0.2, 0.25) is 0 Å². The minimum absolute atomic E-state index is 0.0960. The Morgan fingerprint density at radius 1 is 1.00 bits per heavy atom. The molecule has 1 N–H and O–H groups in total. The Hall–Kier alpha value is -5.38. The van der Waals surface area contributed by atoms with Crippen molar-refractivity contribution in [3.63, 3.8) is 0 Å². The fourth-order valence-electron chi connectivity index (χ4n) is 5.76. The van der Waals surface area contributed by atoms with Gasteiger partial charge in [-0.1, -0.05) is 24.3 Å². The molecule has 230 valence electrons. The van der Waals surface area contributed by atoms with Gasteiger partial charge in [0.15, 0.2) is 0 Å². The number of carbonyl (C=O) groups is 1. The molecule has 2 aromatic carbocycles. The molecule has 4 aromatic rings. The van der Waals surface area contributed by atoms with Crippen LogP contribution < -0.4 is 20.1 Å². The van der Waals surface area contributed by atoms with Gasteiger partial charge in [0.1, 0.15) is 23.2 Å². The summed E-state index contributed by atoms with van der Waals surface area (Å²) in [7, 11) is 0. The molecule has 2 aliphatic heterocycles. The number of pyridine rings is 1. The maximum atomic E-state index is 13.7. The number of H-pyrrole nitrogens is 1. The molecule has 0 bridgehead atoms. The number of nitrogens with zero attached hydrogens (tertiary/aromatic N) is 6. The van der Waals surface area contributed by atoms with Crippen LogP contribution in [0.2, 0.25) is 0 Å². The number of amides is 1. The first-order valence-corrected chi connectivity index (χ1v) is 14.3. The number of benzene rings is 2. The van der Waals surface area contributed by atoms with Crippen LogP contribution in [0.4, 0.5) is 24.7 Å². The van der Waals surface area contributed by atoms with Crippen LogP contribution in [0.25, 0.3) is 0 Å². The summed E-state index contributed by atoms with van der Waals surface area (Å²) in [6, 6.07) is 18.2. The Labute approximate surface area is 256 Å². The van der Waals surface area contributed by atoms with Crippen molar-refractivity contribution in [2.45, 2.75) is 25.7 Å². The lowest BCUT2D eigenvalue weighted by Gasteiger charge is -2.35. The molecule has 4 heterocycles. The average molecular weight is 616 g/mol. The lowest BCUT2D eigenvalue weighted by Crippen LogP contribution is -2.49. The molecular weight excluding hydrogens is 587 g/mol. The summed E-state index contributed by atoms with van der Waals surface area (Å²) in [5.74, 6) is 1.22. The number of aromatic nitrogens is 3. The van der Waals surface area contributed by atoms with E-state index in [1.54, 1.807) is 35.2 Å². The highest BCUT2D eigenvalue weighted by Gasteiger charge is 2.39. The van der Waals surface area contributed by atoms with E-state index in [9.17, 15) is 22.8 Å². The molecule has 0 saturated carbocycles. The van der Waals surface area contributed by atoms with E-state index in [1.807, 2.05) is 29.4 Å². The van der Waals surface area contributed by atoms with Crippen LogP contribution in [0.1, 0.15) is 38.2 Å². The number of carbonyl (C=O) groups excluding carboxylic acids is 1. The van der Waals surface area contributed by atoms with Crippen LogP contribution in [0.3, 0.4) is 0 Å². The molecule has 45 heavy (non-hydrogen) atoms. The minimum Gasteiger partial charge on any atom is -0.493 e. The number of aromatic amines is 1. The summed E-state index contributed by atoms with van der Waals surface area (Å²) < 4.78 is 47.0. The van der Waals surface area contributed by atoms with E-state index in [0.29, 0.717) is 56.1 Å². The summed E-state index contributed by atoms with van der Waals surface area (Å²) >= 11 is 0. The van der Waals surface area contributed by atoms with Gasteiger partial charge in [-0.3, -0.25) is 9.59 Å². The van der Waals surface area contributed by atoms with E-state index in [1.165, 1.54) is 11.1 Å². The van der Waals surface area contributed by atoms with Gasteiger partial charge in [-0.15, -0.1) is 0 Å². The number of alkyl halides is 3. The van der Waals surface area contributed by atoms with Crippen molar-refractivity contribution >= 4 is 17.4 Å². The quantitative estimate of drug-likeness (QED) is 0.330. The fraction of sp³-hybridized carbons (Fsp3) is 0.281. The lowest BCUT2D eigenvalue weighted by molar-refractivity contribution is -0.138. The molecule has 2 aromatic heterocycles. The second kappa shape index (κ2) is 12.3. The van der Waals surface area contributed by atoms with Gasteiger partial charge in [0.25, 0.3) is 11.5 Å². The number of fused-ring (bicyclic) bond motifs is 1. The van der Waals surface area contributed by atoms with Gasteiger partial charge in [-0.05, 0) is 47.0 Å². The van der Waals surface area contributed by atoms with Crippen LogP contribution in [0.15, 0.2) is 71.8 Å². The topological polar surface area (TPSA) is 118 Å². The van der Waals surface area contributed by atoms with Crippen LogP contribution >= 0.6 is 0 Å². The third kappa shape index (κ3) is 6.31. The van der Waals surface area contributed by atoms with Crippen molar-refractivity contribution in [2.24, 2.45) is 0 Å². The first kappa shape index (κ1) is 29.7. The van der Waals surface area contributed by atoms with Crippen molar-refractivity contribution in [1.29, 1.82) is 5.26 Å². The SMILES string of the molecule is N#Cc1ccc(N2CCN(C(=O)c3cccc(OCCc4cccc5c4CN(c4cn[nH]c(=O)c4C(F)(F)F)C5)c3)CC2)nc1. The Bertz CT molecular complexity index is 1810. The van der Waals surface area contributed by atoms with E-state index < -0.39 is 17.3 Å². The molecule has 2 aliphatic rings.